The van der Waals surface area contributed by atoms with Crippen molar-refractivity contribution in [2.24, 2.45) is 0 Å². The summed E-state index contributed by atoms with van der Waals surface area (Å²) in [5.41, 5.74) is 0.914. The van der Waals surface area contributed by atoms with Gasteiger partial charge in [0, 0.05) is 10.6 Å². The molecular formula is C15H13NO4S. The predicted octanol–water partition coefficient (Wildman–Crippen LogP) is 3.01. The highest BCUT2D eigenvalue weighted by molar-refractivity contribution is 7.99. The van der Waals surface area contributed by atoms with Crippen molar-refractivity contribution >= 4 is 17.7 Å². The van der Waals surface area contributed by atoms with Crippen LogP contribution in [0.2, 0.25) is 0 Å². The molecule has 1 aliphatic rings. The van der Waals surface area contributed by atoms with Gasteiger partial charge in [0.1, 0.15) is 18.2 Å². The molecule has 0 radical (unpaired) electrons. The van der Waals surface area contributed by atoms with Gasteiger partial charge in [0.2, 0.25) is 0 Å². The van der Waals surface area contributed by atoms with Crippen molar-refractivity contribution in [3.63, 3.8) is 0 Å². The fourth-order valence-electron chi connectivity index (χ4n) is 2.02. The second-order valence-electron chi connectivity index (χ2n) is 4.55. The van der Waals surface area contributed by atoms with Crippen molar-refractivity contribution < 1.29 is 19.4 Å². The summed E-state index contributed by atoms with van der Waals surface area (Å²) in [4.78, 5) is 16.4. The van der Waals surface area contributed by atoms with Gasteiger partial charge in [0.05, 0.1) is 5.56 Å². The lowest BCUT2D eigenvalue weighted by Crippen LogP contribution is -2.15. The van der Waals surface area contributed by atoms with Gasteiger partial charge in [0.15, 0.2) is 11.5 Å². The zero-order chi connectivity index (χ0) is 14.8. The van der Waals surface area contributed by atoms with Crippen LogP contribution in [0.15, 0.2) is 40.3 Å². The van der Waals surface area contributed by atoms with Gasteiger partial charge in [-0.05, 0) is 37.3 Å². The van der Waals surface area contributed by atoms with E-state index in [1.807, 2.05) is 18.2 Å². The van der Waals surface area contributed by atoms with Crippen LogP contribution in [0.25, 0.3) is 0 Å². The van der Waals surface area contributed by atoms with Crippen molar-refractivity contribution in [1.82, 2.24) is 4.98 Å². The van der Waals surface area contributed by atoms with Crippen molar-refractivity contribution in [3.05, 3.63) is 41.6 Å². The number of hydrogen-bond acceptors (Lipinski definition) is 5. The number of fused-ring (bicyclic) bond motifs is 1. The summed E-state index contributed by atoms with van der Waals surface area (Å²) in [6.07, 6.45) is 0. The third kappa shape index (κ3) is 3.11. The number of rotatable bonds is 3. The molecule has 6 heteroatoms. The minimum Gasteiger partial charge on any atom is -0.486 e. The number of ether oxygens (including phenoxy) is 2. The van der Waals surface area contributed by atoms with E-state index in [-0.39, 0.29) is 5.56 Å². The standard InChI is InChI=1S/C15H13NO4S/c1-9-6-10(15(17)18)7-14(16-9)21-11-2-3-12-13(8-11)20-5-4-19-12/h2-3,6-8H,4-5H2,1H3,(H,17,18). The Kier molecular flexibility index (Phi) is 3.70. The molecule has 1 aromatic heterocycles. The van der Waals surface area contributed by atoms with E-state index in [9.17, 15) is 4.79 Å². The summed E-state index contributed by atoms with van der Waals surface area (Å²) in [7, 11) is 0. The Morgan fingerprint density at radius 2 is 1.95 bits per heavy atom. The van der Waals surface area contributed by atoms with Crippen LogP contribution in [0.4, 0.5) is 0 Å². The molecular weight excluding hydrogens is 290 g/mol. The molecule has 0 bridgehead atoms. The summed E-state index contributed by atoms with van der Waals surface area (Å²) in [5.74, 6) is 0.482. The lowest BCUT2D eigenvalue weighted by molar-refractivity contribution is 0.0696. The molecule has 0 spiro atoms. The van der Waals surface area contributed by atoms with Gasteiger partial charge in [-0.25, -0.2) is 9.78 Å². The first-order valence-electron chi connectivity index (χ1n) is 6.41. The van der Waals surface area contributed by atoms with Gasteiger partial charge in [-0.2, -0.15) is 0 Å². The van der Waals surface area contributed by atoms with E-state index in [1.165, 1.54) is 11.8 Å². The minimum absolute atomic E-state index is 0.238. The molecule has 2 heterocycles. The number of benzene rings is 1. The van der Waals surface area contributed by atoms with Crippen LogP contribution >= 0.6 is 11.8 Å². The lowest BCUT2D eigenvalue weighted by atomic mass is 10.2. The first-order chi connectivity index (χ1) is 10.1. The third-order valence-electron chi connectivity index (χ3n) is 2.91. The van der Waals surface area contributed by atoms with Gasteiger partial charge in [-0.15, -0.1) is 0 Å². The van der Waals surface area contributed by atoms with Gasteiger partial charge in [-0.1, -0.05) is 11.8 Å². The first-order valence-corrected chi connectivity index (χ1v) is 7.23. The van der Waals surface area contributed by atoms with Crippen LogP contribution in [0.3, 0.4) is 0 Å². The number of carboxylic acid groups (broad SMARTS) is 1. The number of aromatic carboxylic acids is 1. The van der Waals surface area contributed by atoms with Crippen molar-refractivity contribution in [2.75, 3.05) is 13.2 Å². The second-order valence-corrected chi connectivity index (χ2v) is 5.64. The summed E-state index contributed by atoms with van der Waals surface area (Å²) >= 11 is 1.40. The zero-order valence-electron chi connectivity index (χ0n) is 11.3. The minimum atomic E-state index is -0.954. The van der Waals surface area contributed by atoms with Crippen LogP contribution < -0.4 is 9.47 Å². The van der Waals surface area contributed by atoms with E-state index in [1.54, 1.807) is 19.1 Å². The van der Waals surface area contributed by atoms with E-state index in [0.29, 0.717) is 29.7 Å². The molecule has 0 atom stereocenters. The molecule has 0 amide bonds. The summed E-state index contributed by atoms with van der Waals surface area (Å²) in [6, 6.07) is 8.75. The van der Waals surface area contributed by atoms with E-state index in [4.69, 9.17) is 14.6 Å². The summed E-state index contributed by atoms with van der Waals surface area (Å²) < 4.78 is 11.0. The van der Waals surface area contributed by atoms with Crippen LogP contribution in [0.1, 0.15) is 16.1 Å². The monoisotopic (exact) mass is 303 g/mol. The molecule has 1 aromatic carbocycles. The molecule has 21 heavy (non-hydrogen) atoms. The van der Waals surface area contributed by atoms with Crippen molar-refractivity contribution in [3.8, 4) is 11.5 Å². The zero-order valence-corrected chi connectivity index (χ0v) is 12.1. The second kappa shape index (κ2) is 5.65. The fraction of sp³-hybridized carbons (Fsp3) is 0.200. The maximum absolute atomic E-state index is 11.1. The average molecular weight is 303 g/mol. The Morgan fingerprint density at radius 3 is 2.71 bits per heavy atom. The molecule has 5 nitrogen and oxygen atoms in total. The van der Waals surface area contributed by atoms with Gasteiger partial charge < -0.3 is 14.6 Å². The van der Waals surface area contributed by atoms with Crippen molar-refractivity contribution in [2.45, 2.75) is 16.8 Å². The number of carboxylic acids is 1. The van der Waals surface area contributed by atoms with Crippen LogP contribution in [-0.2, 0) is 0 Å². The maximum Gasteiger partial charge on any atom is 0.335 e. The number of carbonyl (C=O) groups is 1. The van der Waals surface area contributed by atoms with Gasteiger partial charge >= 0.3 is 5.97 Å². The van der Waals surface area contributed by atoms with E-state index < -0.39 is 5.97 Å². The Bertz CT molecular complexity index is 702. The van der Waals surface area contributed by atoms with Gasteiger partial charge in [0.25, 0.3) is 0 Å². The quantitative estimate of drug-likeness (QED) is 0.940. The number of hydrogen-bond donors (Lipinski definition) is 1. The Balaban J connectivity index is 1.88. The van der Waals surface area contributed by atoms with Crippen LogP contribution in [-0.4, -0.2) is 29.3 Å². The fourth-order valence-corrected chi connectivity index (χ4v) is 2.94. The predicted molar refractivity (Wildman–Crippen MR) is 77.5 cm³/mol. The highest BCUT2D eigenvalue weighted by atomic mass is 32.2. The maximum atomic E-state index is 11.1. The number of aromatic nitrogens is 1. The molecule has 0 saturated carbocycles. The first kappa shape index (κ1) is 13.8. The molecule has 108 valence electrons. The van der Waals surface area contributed by atoms with Crippen LogP contribution in [0, 0.1) is 6.92 Å². The SMILES string of the molecule is Cc1cc(C(=O)O)cc(Sc2ccc3c(c2)OCCO3)n1. The molecule has 1 aliphatic heterocycles. The van der Waals surface area contributed by atoms with Gasteiger partial charge in [-0.3, -0.25) is 0 Å². The Labute approximate surface area is 125 Å². The normalized spacial score (nSPS) is 13.0. The molecule has 0 saturated heterocycles. The molecule has 1 N–H and O–H groups in total. The van der Waals surface area contributed by atoms with E-state index in [0.717, 1.165) is 10.6 Å². The Hall–Kier alpha value is -2.21. The molecule has 0 aliphatic carbocycles. The number of aryl methyl sites for hydroxylation is 1. The lowest BCUT2D eigenvalue weighted by Gasteiger charge is -2.18. The highest BCUT2D eigenvalue weighted by Crippen LogP contribution is 2.36. The molecule has 2 aromatic rings. The average Bonchev–Trinajstić information content (AvgIpc) is 2.46. The Morgan fingerprint density at radius 1 is 1.19 bits per heavy atom. The summed E-state index contributed by atoms with van der Waals surface area (Å²) in [6.45, 7) is 2.87. The molecule has 0 unspecified atom stereocenters. The third-order valence-corrected chi connectivity index (χ3v) is 3.82. The van der Waals surface area contributed by atoms with E-state index in [2.05, 4.69) is 4.98 Å². The van der Waals surface area contributed by atoms with E-state index >= 15 is 0 Å². The molecule has 3 rings (SSSR count). The number of pyridine rings is 1. The van der Waals surface area contributed by atoms with Crippen LogP contribution in [0.5, 0.6) is 11.5 Å². The number of nitrogens with zero attached hydrogens (tertiary/aromatic N) is 1. The smallest absolute Gasteiger partial charge is 0.335 e. The topological polar surface area (TPSA) is 68.7 Å². The molecule has 0 fully saturated rings. The summed E-state index contributed by atoms with van der Waals surface area (Å²) in [5, 5.41) is 9.73. The van der Waals surface area contributed by atoms with Crippen molar-refractivity contribution in [1.29, 1.82) is 0 Å². The largest absolute Gasteiger partial charge is 0.486 e. The highest BCUT2D eigenvalue weighted by Gasteiger charge is 2.13.